The monoisotopic (exact) mass is 314 g/mol. The molecule has 3 N–H and O–H groups in total. The minimum atomic E-state index is -1.00. The van der Waals surface area contributed by atoms with E-state index in [4.69, 9.17) is 9.84 Å². The highest BCUT2D eigenvalue weighted by molar-refractivity contribution is 5.94. The molecule has 0 saturated heterocycles. The third kappa shape index (κ3) is 4.78. The van der Waals surface area contributed by atoms with Gasteiger partial charge in [-0.2, -0.15) is 0 Å². The van der Waals surface area contributed by atoms with Crippen LogP contribution >= 0.6 is 0 Å². The summed E-state index contributed by atoms with van der Waals surface area (Å²) in [5, 5.41) is 12.3. The third-order valence-electron chi connectivity index (χ3n) is 2.81. The van der Waals surface area contributed by atoms with Crippen molar-refractivity contribution < 1.29 is 19.4 Å². The molecule has 0 saturated carbocycles. The number of fused-ring (bicyclic) bond motifs is 1. The van der Waals surface area contributed by atoms with E-state index in [1.807, 2.05) is 0 Å². The van der Waals surface area contributed by atoms with Gasteiger partial charge in [0.2, 0.25) is 0 Å². The molecule has 0 radical (unpaired) electrons. The van der Waals surface area contributed by atoms with Crippen LogP contribution in [0.25, 0.3) is 10.9 Å². The van der Waals surface area contributed by atoms with Crippen LogP contribution in [0.2, 0.25) is 0 Å². The lowest BCUT2D eigenvalue weighted by atomic mass is 10.1. The lowest BCUT2D eigenvalue weighted by molar-refractivity contribution is 0.0534. The van der Waals surface area contributed by atoms with Gasteiger partial charge in [-0.3, -0.25) is 0 Å². The normalized spacial score (nSPS) is 10.7. The zero-order chi connectivity index (χ0) is 17.0. The second-order valence-electron chi connectivity index (χ2n) is 5.95. The molecule has 0 aliphatic heterocycles. The average molecular weight is 314 g/mol. The Kier molecular flexibility index (Phi) is 4.60. The van der Waals surface area contributed by atoms with Crippen molar-refractivity contribution in [2.75, 3.05) is 6.54 Å². The van der Waals surface area contributed by atoms with Gasteiger partial charge in [-0.15, -0.1) is 0 Å². The molecule has 1 aromatic heterocycles. The van der Waals surface area contributed by atoms with Crippen LogP contribution in [-0.2, 0) is 4.74 Å². The first-order valence-corrected chi connectivity index (χ1v) is 7.06. The molecule has 6 heteroatoms. The Hall–Kier alpha value is -2.94. The maximum atomic E-state index is 11.4. The number of benzene rings is 1. The zero-order valence-electron chi connectivity index (χ0n) is 13.2. The van der Waals surface area contributed by atoms with E-state index in [2.05, 4.69) is 22.1 Å². The number of alkyl carbamates (subject to hydrolysis) is 1. The molecule has 2 rings (SSSR count). The summed E-state index contributed by atoms with van der Waals surface area (Å²) in [5.41, 5.74) is 1.02. The molecule has 0 unspecified atom stereocenters. The van der Waals surface area contributed by atoms with Crippen molar-refractivity contribution >= 4 is 23.0 Å². The van der Waals surface area contributed by atoms with Crippen LogP contribution in [0, 0.1) is 11.8 Å². The van der Waals surface area contributed by atoms with Crippen LogP contribution in [-0.4, -0.2) is 34.3 Å². The summed E-state index contributed by atoms with van der Waals surface area (Å²) < 4.78 is 5.09. The van der Waals surface area contributed by atoms with E-state index >= 15 is 0 Å². The van der Waals surface area contributed by atoms with Crippen LogP contribution in [0.1, 0.15) is 36.8 Å². The SMILES string of the molecule is CC(C)(C)OC(=O)NCC#Cc1ccc2cc(C(=O)O)[nH]c2c1. The Morgan fingerprint density at radius 1 is 1.30 bits per heavy atom. The highest BCUT2D eigenvalue weighted by Crippen LogP contribution is 2.16. The number of nitrogens with one attached hydrogen (secondary N) is 2. The first kappa shape index (κ1) is 16.4. The molecule has 0 atom stereocenters. The number of amides is 1. The van der Waals surface area contributed by atoms with Crippen molar-refractivity contribution in [2.24, 2.45) is 0 Å². The Bertz CT molecular complexity index is 803. The standard InChI is InChI=1S/C17H18N2O4/c1-17(2,3)23-16(22)18-8-4-5-11-6-7-12-10-14(15(20)21)19-13(12)9-11/h6-7,9-10,19H,8H2,1-3H3,(H,18,22)(H,20,21). The number of carboxylic acids is 1. The highest BCUT2D eigenvalue weighted by atomic mass is 16.6. The van der Waals surface area contributed by atoms with Gasteiger partial charge in [0.25, 0.3) is 0 Å². The fraction of sp³-hybridized carbons (Fsp3) is 0.294. The number of rotatable bonds is 2. The van der Waals surface area contributed by atoms with Gasteiger partial charge in [0, 0.05) is 16.5 Å². The lowest BCUT2D eigenvalue weighted by Crippen LogP contribution is -2.32. The molecule has 0 fully saturated rings. The summed E-state index contributed by atoms with van der Waals surface area (Å²) in [5.74, 6) is 4.72. The van der Waals surface area contributed by atoms with Crippen LogP contribution < -0.4 is 5.32 Å². The number of aromatic nitrogens is 1. The number of hydrogen-bond donors (Lipinski definition) is 3. The van der Waals surface area contributed by atoms with E-state index in [0.717, 1.165) is 10.9 Å². The van der Waals surface area contributed by atoms with Gasteiger partial charge in [-0.1, -0.05) is 17.9 Å². The first-order chi connectivity index (χ1) is 10.7. The van der Waals surface area contributed by atoms with Crippen molar-refractivity contribution in [2.45, 2.75) is 26.4 Å². The molecule has 2 aromatic rings. The minimum Gasteiger partial charge on any atom is -0.477 e. The van der Waals surface area contributed by atoms with Crippen LogP contribution in [0.4, 0.5) is 4.79 Å². The molecular weight excluding hydrogens is 296 g/mol. The Balaban J connectivity index is 2.00. The molecule has 0 aliphatic carbocycles. The molecular formula is C17H18N2O4. The summed E-state index contributed by atoms with van der Waals surface area (Å²) in [6.07, 6.45) is -0.516. The number of H-pyrrole nitrogens is 1. The third-order valence-corrected chi connectivity index (χ3v) is 2.81. The number of hydrogen-bond acceptors (Lipinski definition) is 3. The minimum absolute atomic E-state index is 0.136. The van der Waals surface area contributed by atoms with Crippen molar-refractivity contribution in [1.82, 2.24) is 10.3 Å². The van der Waals surface area contributed by atoms with Crippen molar-refractivity contribution in [3.8, 4) is 11.8 Å². The molecule has 0 spiro atoms. The number of aromatic amines is 1. The van der Waals surface area contributed by atoms with Gasteiger partial charge in [-0.05, 0) is 39.0 Å². The van der Waals surface area contributed by atoms with Gasteiger partial charge in [-0.25, -0.2) is 9.59 Å². The molecule has 23 heavy (non-hydrogen) atoms. The van der Waals surface area contributed by atoms with Gasteiger partial charge >= 0.3 is 12.1 Å². The average Bonchev–Trinajstić information content (AvgIpc) is 2.85. The number of carbonyl (C=O) groups excluding carboxylic acids is 1. The second kappa shape index (κ2) is 6.44. The fourth-order valence-electron chi connectivity index (χ4n) is 1.90. The Labute approximate surface area is 133 Å². The molecule has 1 aromatic carbocycles. The van der Waals surface area contributed by atoms with E-state index < -0.39 is 17.7 Å². The van der Waals surface area contributed by atoms with E-state index in [1.165, 1.54) is 0 Å². The molecule has 6 nitrogen and oxygen atoms in total. The quantitative estimate of drug-likeness (QED) is 0.743. The lowest BCUT2D eigenvalue weighted by Gasteiger charge is -2.18. The van der Waals surface area contributed by atoms with Crippen LogP contribution in [0.15, 0.2) is 24.3 Å². The van der Waals surface area contributed by atoms with Crippen molar-refractivity contribution in [3.05, 3.63) is 35.5 Å². The number of carbonyl (C=O) groups is 2. The van der Waals surface area contributed by atoms with Crippen LogP contribution in [0.3, 0.4) is 0 Å². The number of aromatic carboxylic acids is 1. The van der Waals surface area contributed by atoms with Gasteiger partial charge in [0.15, 0.2) is 0 Å². The van der Waals surface area contributed by atoms with Gasteiger partial charge in [0.1, 0.15) is 11.3 Å². The molecule has 0 aliphatic rings. The maximum absolute atomic E-state index is 11.4. The van der Waals surface area contributed by atoms with Crippen molar-refractivity contribution in [1.29, 1.82) is 0 Å². The summed E-state index contributed by atoms with van der Waals surface area (Å²) in [7, 11) is 0. The summed E-state index contributed by atoms with van der Waals surface area (Å²) in [6.45, 7) is 5.53. The van der Waals surface area contributed by atoms with Gasteiger partial charge < -0.3 is 20.1 Å². The van der Waals surface area contributed by atoms with Gasteiger partial charge in [0.05, 0.1) is 6.54 Å². The predicted octanol–water partition coefficient (Wildman–Crippen LogP) is 2.74. The van der Waals surface area contributed by atoms with E-state index in [-0.39, 0.29) is 12.2 Å². The summed E-state index contributed by atoms with van der Waals surface area (Å²) in [4.78, 5) is 25.2. The van der Waals surface area contributed by atoms with E-state index in [0.29, 0.717) is 5.52 Å². The first-order valence-electron chi connectivity index (χ1n) is 7.06. The molecule has 1 amide bonds. The number of ether oxygens (including phenoxy) is 1. The highest BCUT2D eigenvalue weighted by Gasteiger charge is 2.15. The number of carboxylic acid groups (broad SMARTS) is 1. The molecule has 1 heterocycles. The van der Waals surface area contributed by atoms with Crippen LogP contribution in [0.5, 0.6) is 0 Å². The van der Waals surface area contributed by atoms with Crippen molar-refractivity contribution in [3.63, 3.8) is 0 Å². The Morgan fingerprint density at radius 3 is 2.70 bits per heavy atom. The fourth-order valence-corrected chi connectivity index (χ4v) is 1.90. The zero-order valence-corrected chi connectivity index (χ0v) is 13.2. The second-order valence-corrected chi connectivity index (χ2v) is 5.95. The summed E-state index contributed by atoms with van der Waals surface area (Å²) in [6, 6.07) is 6.92. The smallest absolute Gasteiger partial charge is 0.408 e. The Morgan fingerprint density at radius 2 is 2.04 bits per heavy atom. The van der Waals surface area contributed by atoms with E-state index in [9.17, 15) is 9.59 Å². The molecule has 0 bridgehead atoms. The largest absolute Gasteiger partial charge is 0.477 e. The van der Waals surface area contributed by atoms with E-state index in [1.54, 1.807) is 45.0 Å². The predicted molar refractivity (Wildman–Crippen MR) is 86.4 cm³/mol. The molecule has 120 valence electrons. The summed E-state index contributed by atoms with van der Waals surface area (Å²) >= 11 is 0. The maximum Gasteiger partial charge on any atom is 0.408 e. The topological polar surface area (TPSA) is 91.4 Å².